The van der Waals surface area contributed by atoms with Crippen LogP contribution in [0.25, 0.3) is 22.2 Å². The molecule has 0 aliphatic heterocycles. The van der Waals surface area contributed by atoms with Crippen LogP contribution in [0, 0.1) is 13.8 Å². The quantitative estimate of drug-likeness (QED) is 0.771. The van der Waals surface area contributed by atoms with Gasteiger partial charge in [-0.25, -0.2) is 9.97 Å². The summed E-state index contributed by atoms with van der Waals surface area (Å²) in [6.45, 7) is 3.90. The molecule has 0 aliphatic rings. The third-order valence-electron chi connectivity index (χ3n) is 3.22. The summed E-state index contributed by atoms with van der Waals surface area (Å²) in [7, 11) is 1.86. The molecule has 4 nitrogen and oxygen atoms in total. The van der Waals surface area contributed by atoms with Crippen LogP contribution in [0.15, 0.2) is 36.4 Å². The van der Waals surface area contributed by atoms with Crippen LogP contribution < -0.4 is 5.32 Å². The van der Waals surface area contributed by atoms with Crippen LogP contribution in [0.2, 0.25) is 0 Å². The van der Waals surface area contributed by atoms with Crippen LogP contribution in [-0.2, 0) is 0 Å². The zero-order valence-corrected chi connectivity index (χ0v) is 11.8. The van der Waals surface area contributed by atoms with E-state index >= 15 is 0 Å². The van der Waals surface area contributed by atoms with Crippen LogP contribution >= 0.6 is 0 Å². The number of hydrogen-bond acceptors (Lipinski definition) is 4. The molecular formula is C16H16N4. The third kappa shape index (κ3) is 2.32. The second-order valence-electron chi connectivity index (χ2n) is 4.80. The van der Waals surface area contributed by atoms with Crippen LogP contribution in [0.3, 0.4) is 0 Å². The lowest BCUT2D eigenvalue weighted by atomic mass is 10.1. The van der Waals surface area contributed by atoms with Crippen LogP contribution in [0.5, 0.6) is 0 Å². The maximum absolute atomic E-state index is 4.52. The van der Waals surface area contributed by atoms with Crippen LogP contribution in [0.1, 0.15) is 11.5 Å². The Morgan fingerprint density at radius 2 is 1.75 bits per heavy atom. The maximum atomic E-state index is 4.52. The summed E-state index contributed by atoms with van der Waals surface area (Å²) < 4.78 is 0. The van der Waals surface area contributed by atoms with Gasteiger partial charge in [0.15, 0.2) is 0 Å². The van der Waals surface area contributed by atoms with E-state index in [2.05, 4.69) is 38.5 Å². The van der Waals surface area contributed by atoms with Gasteiger partial charge >= 0.3 is 0 Å². The summed E-state index contributed by atoms with van der Waals surface area (Å²) >= 11 is 0. The highest BCUT2D eigenvalue weighted by atomic mass is 15.0. The molecule has 2 heterocycles. The lowest BCUT2D eigenvalue weighted by Gasteiger charge is -2.07. The van der Waals surface area contributed by atoms with Crippen molar-refractivity contribution in [1.82, 2.24) is 15.0 Å². The first kappa shape index (κ1) is 12.5. The van der Waals surface area contributed by atoms with Crippen molar-refractivity contribution in [3.05, 3.63) is 47.9 Å². The predicted molar refractivity (Wildman–Crippen MR) is 81.8 cm³/mol. The van der Waals surface area contributed by atoms with Crippen molar-refractivity contribution in [1.29, 1.82) is 0 Å². The standard InChI is InChI=1S/C16H16N4/c1-10-4-5-12-8-13(6-7-14(12)18-10)15-9-16(17-3)20-11(2)19-15/h4-9H,1-3H3,(H,17,19,20). The SMILES string of the molecule is CNc1cc(-c2ccc3nc(C)ccc3c2)nc(C)n1. The number of nitrogens with zero attached hydrogens (tertiary/aromatic N) is 3. The number of benzene rings is 1. The largest absolute Gasteiger partial charge is 0.373 e. The Morgan fingerprint density at radius 3 is 2.55 bits per heavy atom. The van der Waals surface area contributed by atoms with Crippen LogP contribution in [0.4, 0.5) is 5.82 Å². The molecule has 0 saturated carbocycles. The molecule has 0 radical (unpaired) electrons. The molecule has 3 rings (SSSR count). The Bertz CT molecular complexity index is 781. The molecule has 0 spiro atoms. The fourth-order valence-electron chi connectivity index (χ4n) is 2.23. The number of aromatic nitrogens is 3. The topological polar surface area (TPSA) is 50.7 Å². The molecule has 20 heavy (non-hydrogen) atoms. The Labute approximate surface area is 117 Å². The molecule has 1 aromatic carbocycles. The second kappa shape index (κ2) is 4.89. The highest BCUT2D eigenvalue weighted by Gasteiger charge is 2.05. The number of nitrogens with one attached hydrogen (secondary N) is 1. The van der Waals surface area contributed by atoms with E-state index in [1.165, 1.54) is 0 Å². The van der Waals surface area contributed by atoms with E-state index in [-0.39, 0.29) is 0 Å². The molecular weight excluding hydrogens is 248 g/mol. The molecule has 100 valence electrons. The van der Waals surface area contributed by atoms with Gasteiger partial charge in [-0.1, -0.05) is 12.1 Å². The molecule has 0 amide bonds. The maximum Gasteiger partial charge on any atom is 0.130 e. The van der Waals surface area contributed by atoms with Crippen LogP contribution in [-0.4, -0.2) is 22.0 Å². The van der Waals surface area contributed by atoms with Crippen molar-refractivity contribution in [2.75, 3.05) is 12.4 Å². The number of hydrogen-bond donors (Lipinski definition) is 1. The average Bonchev–Trinajstić information content (AvgIpc) is 2.46. The summed E-state index contributed by atoms with van der Waals surface area (Å²) in [5, 5.41) is 4.18. The molecule has 0 fully saturated rings. The highest BCUT2D eigenvalue weighted by Crippen LogP contribution is 2.24. The molecule has 0 bridgehead atoms. The molecule has 0 saturated heterocycles. The Hall–Kier alpha value is -2.49. The number of anilines is 1. The lowest BCUT2D eigenvalue weighted by molar-refractivity contribution is 1.06. The van der Waals surface area contributed by atoms with E-state index in [4.69, 9.17) is 0 Å². The minimum Gasteiger partial charge on any atom is -0.373 e. The zero-order chi connectivity index (χ0) is 14.1. The van der Waals surface area contributed by atoms with Gasteiger partial charge in [-0.15, -0.1) is 0 Å². The van der Waals surface area contributed by atoms with Crippen molar-refractivity contribution in [3.63, 3.8) is 0 Å². The normalized spacial score (nSPS) is 10.8. The van der Waals surface area contributed by atoms with E-state index in [1.54, 1.807) is 0 Å². The van der Waals surface area contributed by atoms with Gasteiger partial charge in [0.05, 0.1) is 11.2 Å². The summed E-state index contributed by atoms with van der Waals surface area (Å²) in [6, 6.07) is 12.3. The van der Waals surface area contributed by atoms with Crippen molar-refractivity contribution in [2.24, 2.45) is 0 Å². The summed E-state index contributed by atoms with van der Waals surface area (Å²) in [6.07, 6.45) is 0. The van der Waals surface area contributed by atoms with Gasteiger partial charge in [0.25, 0.3) is 0 Å². The molecule has 3 aromatic rings. The van der Waals surface area contributed by atoms with E-state index in [1.807, 2.05) is 39.1 Å². The average molecular weight is 264 g/mol. The first-order valence-electron chi connectivity index (χ1n) is 6.57. The van der Waals surface area contributed by atoms with E-state index in [0.29, 0.717) is 0 Å². The first-order chi connectivity index (χ1) is 9.65. The van der Waals surface area contributed by atoms with Crippen molar-refractivity contribution >= 4 is 16.7 Å². The fourth-order valence-corrected chi connectivity index (χ4v) is 2.23. The summed E-state index contributed by atoms with van der Waals surface area (Å²) in [5.41, 5.74) is 4.03. The Kier molecular flexibility index (Phi) is 3.06. The van der Waals surface area contributed by atoms with Crippen molar-refractivity contribution in [2.45, 2.75) is 13.8 Å². The van der Waals surface area contributed by atoms with E-state index in [0.717, 1.165) is 39.5 Å². The van der Waals surface area contributed by atoms with E-state index < -0.39 is 0 Å². The fraction of sp³-hybridized carbons (Fsp3) is 0.188. The Morgan fingerprint density at radius 1 is 0.900 bits per heavy atom. The summed E-state index contributed by atoms with van der Waals surface area (Å²) in [5.74, 6) is 1.59. The summed E-state index contributed by atoms with van der Waals surface area (Å²) in [4.78, 5) is 13.3. The van der Waals surface area contributed by atoms with E-state index in [9.17, 15) is 0 Å². The zero-order valence-electron chi connectivity index (χ0n) is 11.8. The van der Waals surface area contributed by atoms with Gasteiger partial charge in [0.2, 0.25) is 0 Å². The molecule has 0 atom stereocenters. The van der Waals surface area contributed by atoms with Gasteiger partial charge in [0, 0.05) is 29.8 Å². The van der Waals surface area contributed by atoms with Crippen molar-refractivity contribution < 1.29 is 0 Å². The molecule has 0 aliphatic carbocycles. The second-order valence-corrected chi connectivity index (χ2v) is 4.80. The minimum absolute atomic E-state index is 0.758. The molecule has 1 N–H and O–H groups in total. The van der Waals surface area contributed by atoms with Gasteiger partial charge in [0.1, 0.15) is 11.6 Å². The van der Waals surface area contributed by atoms with Gasteiger partial charge in [-0.05, 0) is 32.0 Å². The molecule has 0 unspecified atom stereocenters. The van der Waals surface area contributed by atoms with Crippen molar-refractivity contribution in [3.8, 4) is 11.3 Å². The number of aryl methyl sites for hydroxylation is 2. The monoisotopic (exact) mass is 264 g/mol. The predicted octanol–water partition coefficient (Wildman–Crippen LogP) is 3.35. The Balaban J connectivity index is 2.14. The first-order valence-corrected chi connectivity index (χ1v) is 6.57. The molecule has 4 heteroatoms. The highest BCUT2D eigenvalue weighted by molar-refractivity contribution is 5.84. The number of pyridine rings is 1. The smallest absolute Gasteiger partial charge is 0.130 e. The number of rotatable bonds is 2. The van der Waals surface area contributed by atoms with Gasteiger partial charge < -0.3 is 5.32 Å². The molecule has 2 aromatic heterocycles. The van der Waals surface area contributed by atoms with Gasteiger partial charge in [-0.2, -0.15) is 0 Å². The third-order valence-corrected chi connectivity index (χ3v) is 3.22. The lowest BCUT2D eigenvalue weighted by Crippen LogP contribution is -1.98. The van der Waals surface area contributed by atoms with Gasteiger partial charge in [-0.3, -0.25) is 4.98 Å². The minimum atomic E-state index is 0.758. The number of fused-ring (bicyclic) bond motifs is 1.